The molecule has 1 heterocycles. The Morgan fingerprint density at radius 1 is 1.38 bits per heavy atom. The minimum atomic E-state index is 0.134. The molecule has 0 aliphatic carbocycles. The van der Waals surface area contributed by atoms with Crippen molar-refractivity contribution in [3.63, 3.8) is 0 Å². The van der Waals surface area contributed by atoms with E-state index < -0.39 is 0 Å². The highest BCUT2D eigenvalue weighted by molar-refractivity contribution is 5.95. The minimum absolute atomic E-state index is 0.134. The number of ether oxygens (including phenoxy) is 1. The molecular weight excluding hydrogens is 164 g/mol. The maximum absolute atomic E-state index is 5.49. The van der Waals surface area contributed by atoms with Crippen LogP contribution < -0.4 is 5.73 Å². The van der Waals surface area contributed by atoms with Gasteiger partial charge in [0.15, 0.2) is 0 Å². The molecule has 0 saturated heterocycles. The van der Waals surface area contributed by atoms with E-state index in [1.54, 1.807) is 0 Å². The number of nitrogens with two attached hydrogens (primary N) is 1. The molecule has 1 aliphatic heterocycles. The van der Waals surface area contributed by atoms with Crippen LogP contribution in [0.2, 0.25) is 0 Å². The zero-order valence-corrected chi connectivity index (χ0v) is 7.31. The van der Waals surface area contributed by atoms with Crippen molar-refractivity contribution < 1.29 is 4.74 Å². The molecule has 0 bridgehead atoms. The quantitative estimate of drug-likeness (QED) is 0.724. The van der Waals surface area contributed by atoms with Gasteiger partial charge in [-0.05, 0) is 12.1 Å². The summed E-state index contributed by atoms with van der Waals surface area (Å²) in [6, 6.07) is 10.0. The highest BCUT2D eigenvalue weighted by atomic mass is 16.5. The van der Waals surface area contributed by atoms with Crippen LogP contribution in [0.3, 0.4) is 0 Å². The normalized spacial score (nSPS) is 21.0. The summed E-state index contributed by atoms with van der Waals surface area (Å²) in [4.78, 5) is 4.35. The van der Waals surface area contributed by atoms with Gasteiger partial charge in [-0.15, -0.1) is 0 Å². The first-order chi connectivity index (χ1) is 6.40. The molecule has 0 fully saturated rings. The van der Waals surface area contributed by atoms with Gasteiger partial charge in [0.05, 0.1) is 0 Å². The van der Waals surface area contributed by atoms with Crippen molar-refractivity contribution in [2.45, 2.75) is 6.04 Å². The summed E-state index contributed by atoms with van der Waals surface area (Å²) in [5.74, 6) is 0.719. The van der Waals surface area contributed by atoms with E-state index in [2.05, 4.69) is 4.99 Å². The Hall–Kier alpha value is -1.35. The van der Waals surface area contributed by atoms with Gasteiger partial charge in [0.25, 0.3) is 0 Å². The van der Waals surface area contributed by atoms with E-state index in [0.29, 0.717) is 13.2 Å². The molecule has 1 atom stereocenters. The zero-order valence-electron chi connectivity index (χ0n) is 7.31. The third-order valence-electron chi connectivity index (χ3n) is 2.01. The Labute approximate surface area is 77.2 Å². The SMILES string of the molecule is NC[C@@H]1COC(c2ccccc2)=N1. The number of nitrogens with zero attached hydrogens (tertiary/aromatic N) is 1. The van der Waals surface area contributed by atoms with Crippen LogP contribution in [0.15, 0.2) is 35.3 Å². The average molecular weight is 176 g/mol. The summed E-state index contributed by atoms with van der Waals surface area (Å²) >= 11 is 0. The van der Waals surface area contributed by atoms with E-state index in [-0.39, 0.29) is 6.04 Å². The van der Waals surface area contributed by atoms with Gasteiger partial charge in [-0.25, -0.2) is 4.99 Å². The zero-order chi connectivity index (χ0) is 9.10. The molecule has 0 aromatic heterocycles. The third-order valence-corrected chi connectivity index (χ3v) is 2.01. The first kappa shape index (κ1) is 8.26. The van der Waals surface area contributed by atoms with Crippen LogP contribution >= 0.6 is 0 Å². The second-order valence-corrected chi connectivity index (χ2v) is 3.00. The number of hydrogen-bond acceptors (Lipinski definition) is 3. The summed E-state index contributed by atoms with van der Waals surface area (Å²) in [6.45, 7) is 1.16. The molecule has 3 nitrogen and oxygen atoms in total. The monoisotopic (exact) mass is 176 g/mol. The fourth-order valence-electron chi connectivity index (χ4n) is 1.27. The third kappa shape index (κ3) is 1.70. The van der Waals surface area contributed by atoms with Gasteiger partial charge in [0, 0.05) is 12.1 Å². The van der Waals surface area contributed by atoms with E-state index in [0.717, 1.165) is 11.5 Å². The summed E-state index contributed by atoms with van der Waals surface area (Å²) < 4.78 is 5.41. The van der Waals surface area contributed by atoms with Crippen molar-refractivity contribution in [1.29, 1.82) is 0 Å². The molecule has 0 radical (unpaired) electrons. The first-order valence-electron chi connectivity index (χ1n) is 4.36. The molecule has 3 heteroatoms. The molecule has 0 saturated carbocycles. The van der Waals surface area contributed by atoms with E-state index in [1.165, 1.54) is 0 Å². The average Bonchev–Trinajstić information content (AvgIpc) is 2.67. The lowest BCUT2D eigenvalue weighted by Gasteiger charge is -1.99. The van der Waals surface area contributed by atoms with Crippen molar-refractivity contribution in [2.75, 3.05) is 13.2 Å². The van der Waals surface area contributed by atoms with Crippen molar-refractivity contribution in [3.8, 4) is 0 Å². The van der Waals surface area contributed by atoms with Crippen LogP contribution in [-0.2, 0) is 4.74 Å². The van der Waals surface area contributed by atoms with Crippen LogP contribution in [0.5, 0.6) is 0 Å². The van der Waals surface area contributed by atoms with Crippen LogP contribution in [-0.4, -0.2) is 25.1 Å². The maximum Gasteiger partial charge on any atom is 0.216 e. The lowest BCUT2D eigenvalue weighted by molar-refractivity contribution is 0.319. The maximum atomic E-state index is 5.49. The van der Waals surface area contributed by atoms with Gasteiger partial charge < -0.3 is 10.5 Å². The van der Waals surface area contributed by atoms with Crippen LogP contribution in [0, 0.1) is 0 Å². The molecule has 1 aliphatic rings. The Kier molecular flexibility index (Phi) is 2.27. The van der Waals surface area contributed by atoms with Crippen molar-refractivity contribution in [1.82, 2.24) is 0 Å². The van der Waals surface area contributed by atoms with E-state index in [1.807, 2.05) is 30.3 Å². The Morgan fingerprint density at radius 2 is 2.15 bits per heavy atom. The molecule has 1 aromatic rings. The number of aliphatic imine (C=N–C) groups is 1. The summed E-state index contributed by atoms with van der Waals surface area (Å²) in [5.41, 5.74) is 6.51. The van der Waals surface area contributed by atoms with E-state index >= 15 is 0 Å². The van der Waals surface area contributed by atoms with Gasteiger partial charge in [0.2, 0.25) is 5.90 Å². The molecule has 13 heavy (non-hydrogen) atoms. The van der Waals surface area contributed by atoms with E-state index in [9.17, 15) is 0 Å². The van der Waals surface area contributed by atoms with Gasteiger partial charge in [-0.2, -0.15) is 0 Å². The Morgan fingerprint density at radius 3 is 2.77 bits per heavy atom. The van der Waals surface area contributed by atoms with Gasteiger partial charge >= 0.3 is 0 Å². The summed E-state index contributed by atoms with van der Waals surface area (Å²) in [6.07, 6.45) is 0. The smallest absolute Gasteiger partial charge is 0.216 e. The molecule has 1 aromatic carbocycles. The molecule has 68 valence electrons. The molecule has 2 N–H and O–H groups in total. The van der Waals surface area contributed by atoms with Crippen molar-refractivity contribution in [2.24, 2.45) is 10.7 Å². The number of hydrogen-bond donors (Lipinski definition) is 1. The summed E-state index contributed by atoms with van der Waals surface area (Å²) in [5, 5.41) is 0. The lowest BCUT2D eigenvalue weighted by Crippen LogP contribution is -2.18. The van der Waals surface area contributed by atoms with Gasteiger partial charge in [0.1, 0.15) is 12.6 Å². The second-order valence-electron chi connectivity index (χ2n) is 3.00. The standard InChI is InChI=1S/C10H12N2O/c11-6-9-7-13-10(12-9)8-4-2-1-3-5-8/h1-5,9H,6-7,11H2/t9-/m1/s1. The van der Waals surface area contributed by atoms with E-state index in [4.69, 9.17) is 10.5 Å². The molecule has 0 spiro atoms. The largest absolute Gasteiger partial charge is 0.475 e. The fraction of sp³-hybridized carbons (Fsp3) is 0.300. The number of benzene rings is 1. The highest BCUT2D eigenvalue weighted by Crippen LogP contribution is 2.10. The number of rotatable bonds is 2. The fourth-order valence-corrected chi connectivity index (χ4v) is 1.27. The minimum Gasteiger partial charge on any atom is -0.475 e. The Balaban J connectivity index is 2.19. The highest BCUT2D eigenvalue weighted by Gasteiger charge is 2.17. The van der Waals surface area contributed by atoms with Crippen molar-refractivity contribution >= 4 is 5.90 Å². The van der Waals surface area contributed by atoms with Crippen LogP contribution in [0.25, 0.3) is 0 Å². The lowest BCUT2D eigenvalue weighted by atomic mass is 10.2. The topological polar surface area (TPSA) is 47.6 Å². The van der Waals surface area contributed by atoms with Crippen molar-refractivity contribution in [3.05, 3.63) is 35.9 Å². The molecule has 2 rings (SSSR count). The Bertz CT molecular complexity index is 308. The predicted molar refractivity (Wildman–Crippen MR) is 51.8 cm³/mol. The molecule has 0 amide bonds. The molecular formula is C10H12N2O. The van der Waals surface area contributed by atoms with Gasteiger partial charge in [-0.3, -0.25) is 0 Å². The first-order valence-corrected chi connectivity index (χ1v) is 4.36. The van der Waals surface area contributed by atoms with Crippen LogP contribution in [0.1, 0.15) is 5.56 Å². The molecule has 0 unspecified atom stereocenters. The predicted octanol–water partition coefficient (Wildman–Crippen LogP) is 0.791. The second kappa shape index (κ2) is 3.58. The van der Waals surface area contributed by atoms with Crippen LogP contribution in [0.4, 0.5) is 0 Å². The van der Waals surface area contributed by atoms with Gasteiger partial charge in [-0.1, -0.05) is 18.2 Å². The summed E-state index contributed by atoms with van der Waals surface area (Å²) in [7, 11) is 0.